The fourth-order valence-electron chi connectivity index (χ4n) is 0.718. The average molecular weight is 199 g/mol. The zero-order chi connectivity index (χ0) is 9.68. The number of carbonyl (C=O) groups is 1. The van der Waals surface area contributed by atoms with Crippen LogP contribution in [0, 0.1) is 0 Å². The van der Waals surface area contributed by atoms with Gasteiger partial charge in [0.25, 0.3) is 0 Å². The predicted octanol–water partition coefficient (Wildman–Crippen LogP) is 1.54. The van der Waals surface area contributed by atoms with E-state index in [0.29, 0.717) is 18.9 Å². The number of rotatable bonds is 5. The number of aromatic nitrogens is 1. The van der Waals surface area contributed by atoms with E-state index in [-0.39, 0.29) is 5.01 Å². The minimum Gasteiger partial charge on any atom is -0.476 e. The number of nitrogens with zero attached hydrogens (tertiary/aromatic N) is 1. The largest absolute Gasteiger partial charge is 0.476 e. The molecule has 0 spiro atoms. The SMILES string of the molecule is C=CCOCc1csc(C(=O)O)n1. The summed E-state index contributed by atoms with van der Waals surface area (Å²) < 4.78 is 5.10. The molecule has 1 aromatic rings. The van der Waals surface area contributed by atoms with Gasteiger partial charge in [0.1, 0.15) is 0 Å². The third-order valence-corrected chi connectivity index (χ3v) is 2.10. The van der Waals surface area contributed by atoms with Gasteiger partial charge < -0.3 is 9.84 Å². The molecule has 0 amide bonds. The molecule has 0 aromatic carbocycles. The van der Waals surface area contributed by atoms with E-state index < -0.39 is 5.97 Å². The van der Waals surface area contributed by atoms with Gasteiger partial charge in [-0.25, -0.2) is 9.78 Å². The molecule has 0 unspecified atom stereocenters. The van der Waals surface area contributed by atoms with Gasteiger partial charge in [-0.05, 0) is 0 Å². The van der Waals surface area contributed by atoms with Crippen molar-refractivity contribution in [2.45, 2.75) is 6.61 Å². The Kier molecular flexibility index (Phi) is 3.60. The maximum atomic E-state index is 10.4. The molecule has 70 valence electrons. The molecule has 0 saturated heterocycles. The van der Waals surface area contributed by atoms with Crippen molar-refractivity contribution in [2.24, 2.45) is 0 Å². The van der Waals surface area contributed by atoms with Gasteiger partial charge >= 0.3 is 5.97 Å². The number of hydrogen-bond donors (Lipinski definition) is 1. The average Bonchev–Trinajstić information content (AvgIpc) is 2.53. The number of thiazole rings is 1. The molecule has 0 radical (unpaired) electrons. The van der Waals surface area contributed by atoms with E-state index in [2.05, 4.69) is 11.6 Å². The van der Waals surface area contributed by atoms with Gasteiger partial charge in [-0.2, -0.15) is 0 Å². The van der Waals surface area contributed by atoms with Gasteiger partial charge in [-0.15, -0.1) is 17.9 Å². The summed E-state index contributed by atoms with van der Waals surface area (Å²) in [7, 11) is 0. The number of hydrogen-bond acceptors (Lipinski definition) is 4. The van der Waals surface area contributed by atoms with Crippen molar-refractivity contribution in [1.29, 1.82) is 0 Å². The summed E-state index contributed by atoms with van der Waals surface area (Å²) in [4.78, 5) is 14.3. The van der Waals surface area contributed by atoms with Crippen molar-refractivity contribution in [1.82, 2.24) is 4.98 Å². The maximum Gasteiger partial charge on any atom is 0.365 e. The van der Waals surface area contributed by atoms with E-state index in [1.165, 1.54) is 0 Å². The zero-order valence-electron chi connectivity index (χ0n) is 6.90. The van der Waals surface area contributed by atoms with Crippen LogP contribution in [0.3, 0.4) is 0 Å². The first kappa shape index (κ1) is 9.88. The first-order valence-corrected chi connectivity index (χ1v) is 4.48. The Balaban J connectivity index is 2.49. The smallest absolute Gasteiger partial charge is 0.365 e. The Morgan fingerprint density at radius 2 is 2.62 bits per heavy atom. The van der Waals surface area contributed by atoms with Crippen LogP contribution < -0.4 is 0 Å². The van der Waals surface area contributed by atoms with E-state index in [1.54, 1.807) is 11.5 Å². The summed E-state index contributed by atoms with van der Waals surface area (Å²) in [6, 6.07) is 0. The number of ether oxygens (including phenoxy) is 1. The van der Waals surface area contributed by atoms with Crippen molar-refractivity contribution in [3.05, 3.63) is 28.7 Å². The second-order valence-electron chi connectivity index (χ2n) is 2.25. The molecule has 1 heterocycles. The standard InChI is InChI=1S/C8H9NO3S/c1-2-3-12-4-6-5-13-7(9-6)8(10)11/h2,5H,1,3-4H2,(H,10,11). The Morgan fingerprint density at radius 3 is 3.15 bits per heavy atom. The Morgan fingerprint density at radius 1 is 1.85 bits per heavy atom. The third kappa shape index (κ3) is 2.96. The predicted molar refractivity (Wildman–Crippen MR) is 48.9 cm³/mol. The molecule has 5 heteroatoms. The lowest BCUT2D eigenvalue weighted by atomic mass is 10.5. The van der Waals surface area contributed by atoms with E-state index in [4.69, 9.17) is 9.84 Å². The first-order valence-electron chi connectivity index (χ1n) is 3.60. The number of carboxylic acid groups (broad SMARTS) is 1. The Hall–Kier alpha value is -1.20. The lowest BCUT2D eigenvalue weighted by Gasteiger charge is -1.95. The quantitative estimate of drug-likeness (QED) is 0.577. The van der Waals surface area contributed by atoms with Gasteiger partial charge in [0.15, 0.2) is 0 Å². The van der Waals surface area contributed by atoms with Crippen molar-refractivity contribution in [3.63, 3.8) is 0 Å². The third-order valence-electron chi connectivity index (χ3n) is 1.22. The lowest BCUT2D eigenvalue weighted by molar-refractivity contribution is 0.0695. The van der Waals surface area contributed by atoms with Crippen LogP contribution in [-0.2, 0) is 11.3 Å². The van der Waals surface area contributed by atoms with E-state index in [0.717, 1.165) is 11.3 Å². The van der Waals surface area contributed by atoms with Gasteiger partial charge in [-0.3, -0.25) is 0 Å². The number of aromatic carboxylic acids is 1. The molecule has 0 saturated carbocycles. The summed E-state index contributed by atoms with van der Waals surface area (Å²) >= 11 is 1.10. The Bertz CT molecular complexity index is 308. The molecular weight excluding hydrogens is 190 g/mol. The highest BCUT2D eigenvalue weighted by Gasteiger charge is 2.08. The normalized spacial score (nSPS) is 9.85. The highest BCUT2D eigenvalue weighted by Crippen LogP contribution is 2.10. The van der Waals surface area contributed by atoms with Crippen molar-refractivity contribution < 1.29 is 14.6 Å². The van der Waals surface area contributed by atoms with Crippen LogP contribution in [0.2, 0.25) is 0 Å². The van der Waals surface area contributed by atoms with Gasteiger partial charge in [0.05, 0.1) is 18.9 Å². The molecule has 0 aliphatic rings. The minimum absolute atomic E-state index is 0.0946. The van der Waals surface area contributed by atoms with Crippen molar-refractivity contribution in [3.8, 4) is 0 Å². The summed E-state index contributed by atoms with van der Waals surface area (Å²) in [5.74, 6) is -1.00. The first-order chi connectivity index (χ1) is 6.24. The molecule has 4 nitrogen and oxygen atoms in total. The summed E-state index contributed by atoms with van der Waals surface area (Å²) in [6.07, 6.45) is 1.63. The molecule has 1 N–H and O–H groups in total. The maximum absolute atomic E-state index is 10.4. The van der Waals surface area contributed by atoms with Crippen molar-refractivity contribution in [2.75, 3.05) is 6.61 Å². The second kappa shape index (κ2) is 4.74. The molecule has 13 heavy (non-hydrogen) atoms. The molecule has 0 aliphatic carbocycles. The topological polar surface area (TPSA) is 59.4 Å². The zero-order valence-corrected chi connectivity index (χ0v) is 7.71. The molecule has 0 bridgehead atoms. The monoisotopic (exact) mass is 199 g/mol. The number of carboxylic acids is 1. The fourth-order valence-corrected chi connectivity index (χ4v) is 1.36. The second-order valence-corrected chi connectivity index (χ2v) is 3.11. The summed E-state index contributed by atoms with van der Waals surface area (Å²) in [5, 5.41) is 10.3. The summed E-state index contributed by atoms with van der Waals surface area (Å²) in [5.41, 5.74) is 0.643. The molecule has 0 atom stereocenters. The van der Waals surface area contributed by atoms with Gasteiger partial charge in [-0.1, -0.05) is 6.08 Å². The van der Waals surface area contributed by atoms with Crippen LogP contribution in [0.15, 0.2) is 18.0 Å². The van der Waals surface area contributed by atoms with Crippen LogP contribution in [0.25, 0.3) is 0 Å². The molecule has 1 aromatic heterocycles. The van der Waals surface area contributed by atoms with E-state index in [1.807, 2.05) is 0 Å². The minimum atomic E-state index is -1.00. The lowest BCUT2D eigenvalue weighted by Crippen LogP contribution is -1.97. The van der Waals surface area contributed by atoms with Crippen LogP contribution in [0.4, 0.5) is 0 Å². The Labute approximate surface area is 79.5 Å². The highest BCUT2D eigenvalue weighted by atomic mass is 32.1. The van der Waals surface area contributed by atoms with Gasteiger partial charge in [0.2, 0.25) is 5.01 Å². The summed E-state index contributed by atoms with van der Waals surface area (Å²) in [6.45, 7) is 4.26. The van der Waals surface area contributed by atoms with Crippen LogP contribution in [0.1, 0.15) is 15.5 Å². The van der Waals surface area contributed by atoms with Crippen LogP contribution in [0.5, 0.6) is 0 Å². The molecule has 0 aliphatic heterocycles. The van der Waals surface area contributed by atoms with E-state index >= 15 is 0 Å². The highest BCUT2D eigenvalue weighted by molar-refractivity contribution is 7.11. The van der Waals surface area contributed by atoms with Crippen LogP contribution >= 0.6 is 11.3 Å². The van der Waals surface area contributed by atoms with Crippen molar-refractivity contribution >= 4 is 17.3 Å². The molecule has 0 fully saturated rings. The molecular formula is C8H9NO3S. The van der Waals surface area contributed by atoms with Gasteiger partial charge in [0, 0.05) is 5.38 Å². The van der Waals surface area contributed by atoms with E-state index in [9.17, 15) is 4.79 Å². The molecule has 1 rings (SSSR count). The van der Waals surface area contributed by atoms with Crippen LogP contribution in [-0.4, -0.2) is 22.7 Å². The fraction of sp³-hybridized carbons (Fsp3) is 0.250.